The van der Waals surface area contributed by atoms with Crippen molar-refractivity contribution in [2.75, 3.05) is 52.9 Å². The van der Waals surface area contributed by atoms with Gasteiger partial charge in [-0.25, -0.2) is 0 Å². The SMILES string of the molecule is CN1CCN(/C=C(/C#N)C(=O)NCCCN2CCCC2=O)CC1. The summed E-state index contributed by atoms with van der Waals surface area (Å²) in [4.78, 5) is 29.6. The molecule has 0 aromatic rings. The lowest BCUT2D eigenvalue weighted by molar-refractivity contribution is -0.127. The molecule has 2 heterocycles. The van der Waals surface area contributed by atoms with E-state index in [1.54, 1.807) is 6.20 Å². The average molecular weight is 319 g/mol. The molecule has 2 aliphatic heterocycles. The number of nitriles is 1. The first-order valence-electron chi connectivity index (χ1n) is 8.20. The van der Waals surface area contributed by atoms with Crippen LogP contribution in [-0.4, -0.2) is 79.4 Å². The highest BCUT2D eigenvalue weighted by molar-refractivity contribution is 5.97. The zero-order chi connectivity index (χ0) is 16.7. The molecule has 23 heavy (non-hydrogen) atoms. The summed E-state index contributed by atoms with van der Waals surface area (Å²) in [5.74, 6) is -0.136. The van der Waals surface area contributed by atoms with Crippen LogP contribution in [-0.2, 0) is 9.59 Å². The van der Waals surface area contributed by atoms with Crippen LogP contribution in [0.4, 0.5) is 0 Å². The van der Waals surface area contributed by atoms with Crippen LogP contribution in [0.1, 0.15) is 19.3 Å². The average Bonchev–Trinajstić information content (AvgIpc) is 2.96. The third-order valence-electron chi connectivity index (χ3n) is 4.28. The number of carbonyl (C=O) groups excluding carboxylic acids is 2. The minimum Gasteiger partial charge on any atom is -0.374 e. The fraction of sp³-hybridized carbons (Fsp3) is 0.688. The summed E-state index contributed by atoms with van der Waals surface area (Å²) in [6.07, 6.45) is 3.94. The van der Waals surface area contributed by atoms with E-state index < -0.39 is 0 Å². The highest BCUT2D eigenvalue weighted by Crippen LogP contribution is 2.09. The molecule has 7 heteroatoms. The topological polar surface area (TPSA) is 79.7 Å². The number of nitrogens with zero attached hydrogens (tertiary/aromatic N) is 4. The highest BCUT2D eigenvalue weighted by Gasteiger charge is 2.19. The van der Waals surface area contributed by atoms with Crippen LogP contribution >= 0.6 is 0 Å². The molecule has 7 nitrogen and oxygen atoms in total. The highest BCUT2D eigenvalue weighted by atomic mass is 16.2. The van der Waals surface area contributed by atoms with E-state index in [2.05, 4.69) is 17.3 Å². The number of hydrogen-bond donors (Lipinski definition) is 1. The van der Waals surface area contributed by atoms with Crippen molar-refractivity contribution >= 4 is 11.8 Å². The number of hydrogen-bond acceptors (Lipinski definition) is 5. The first kappa shape index (κ1) is 17.3. The zero-order valence-electron chi connectivity index (χ0n) is 13.8. The molecule has 2 saturated heterocycles. The van der Waals surface area contributed by atoms with Crippen molar-refractivity contribution in [1.82, 2.24) is 20.0 Å². The molecule has 0 saturated carbocycles. The van der Waals surface area contributed by atoms with Gasteiger partial charge in [0.1, 0.15) is 11.6 Å². The van der Waals surface area contributed by atoms with Crippen molar-refractivity contribution in [1.29, 1.82) is 5.26 Å². The molecule has 2 fully saturated rings. The van der Waals surface area contributed by atoms with Crippen molar-refractivity contribution in [3.8, 4) is 6.07 Å². The van der Waals surface area contributed by atoms with Gasteiger partial charge in [-0.05, 0) is 19.9 Å². The minimum absolute atomic E-state index is 0.145. The predicted octanol–water partition coefficient (Wildman–Crippen LogP) is -0.230. The Labute approximate surface area is 137 Å². The molecule has 1 N–H and O–H groups in total. The van der Waals surface area contributed by atoms with E-state index in [0.717, 1.165) is 39.1 Å². The monoisotopic (exact) mass is 319 g/mol. The van der Waals surface area contributed by atoms with Crippen LogP contribution in [0.15, 0.2) is 11.8 Å². The first-order valence-corrected chi connectivity index (χ1v) is 8.20. The Balaban J connectivity index is 1.72. The van der Waals surface area contributed by atoms with Gasteiger partial charge in [0.2, 0.25) is 5.91 Å². The van der Waals surface area contributed by atoms with Gasteiger partial charge in [0.15, 0.2) is 0 Å². The maximum atomic E-state index is 12.1. The second kappa shape index (κ2) is 8.53. The summed E-state index contributed by atoms with van der Waals surface area (Å²) in [5, 5.41) is 11.9. The normalized spacial score (nSPS) is 19.8. The Hall–Kier alpha value is -2.07. The summed E-state index contributed by atoms with van der Waals surface area (Å²) in [6, 6.07) is 1.98. The first-order chi connectivity index (χ1) is 11.1. The summed E-state index contributed by atoms with van der Waals surface area (Å²) in [5.41, 5.74) is 0.145. The summed E-state index contributed by atoms with van der Waals surface area (Å²) in [7, 11) is 2.06. The van der Waals surface area contributed by atoms with Crippen LogP contribution in [0.5, 0.6) is 0 Å². The quantitative estimate of drug-likeness (QED) is 0.416. The molecule has 126 valence electrons. The Kier molecular flexibility index (Phi) is 6.41. The molecule has 2 aliphatic rings. The predicted molar refractivity (Wildman–Crippen MR) is 86.2 cm³/mol. The summed E-state index contributed by atoms with van der Waals surface area (Å²) < 4.78 is 0. The number of carbonyl (C=O) groups is 2. The second-order valence-electron chi connectivity index (χ2n) is 6.09. The smallest absolute Gasteiger partial charge is 0.263 e. The van der Waals surface area contributed by atoms with Gasteiger partial charge >= 0.3 is 0 Å². The molecular weight excluding hydrogens is 294 g/mol. The number of likely N-dealkylation sites (N-methyl/N-ethyl adjacent to an activating group) is 1. The van der Waals surface area contributed by atoms with Crippen LogP contribution in [0, 0.1) is 11.3 Å². The third-order valence-corrected chi connectivity index (χ3v) is 4.28. The van der Waals surface area contributed by atoms with Gasteiger partial charge in [-0.1, -0.05) is 0 Å². The van der Waals surface area contributed by atoms with Gasteiger partial charge in [0.25, 0.3) is 5.91 Å². The van der Waals surface area contributed by atoms with Gasteiger partial charge in [0, 0.05) is 58.4 Å². The van der Waals surface area contributed by atoms with Crippen molar-refractivity contribution < 1.29 is 9.59 Å². The summed E-state index contributed by atoms with van der Waals surface area (Å²) in [6.45, 7) is 5.48. The zero-order valence-corrected chi connectivity index (χ0v) is 13.8. The molecule has 2 amide bonds. The van der Waals surface area contributed by atoms with E-state index in [-0.39, 0.29) is 17.4 Å². The van der Waals surface area contributed by atoms with Crippen LogP contribution < -0.4 is 5.32 Å². The van der Waals surface area contributed by atoms with Crippen LogP contribution in [0.25, 0.3) is 0 Å². The molecule has 0 radical (unpaired) electrons. The molecule has 0 unspecified atom stereocenters. The number of piperazine rings is 1. The van der Waals surface area contributed by atoms with Gasteiger partial charge in [0.05, 0.1) is 0 Å². The van der Waals surface area contributed by atoms with Gasteiger partial charge < -0.3 is 20.0 Å². The summed E-state index contributed by atoms with van der Waals surface area (Å²) >= 11 is 0. The second-order valence-corrected chi connectivity index (χ2v) is 6.09. The van der Waals surface area contributed by atoms with E-state index in [1.165, 1.54) is 0 Å². The van der Waals surface area contributed by atoms with Crippen molar-refractivity contribution in [3.63, 3.8) is 0 Å². The van der Waals surface area contributed by atoms with Crippen molar-refractivity contribution in [3.05, 3.63) is 11.8 Å². The lowest BCUT2D eigenvalue weighted by Gasteiger charge is -2.31. The van der Waals surface area contributed by atoms with E-state index in [0.29, 0.717) is 25.9 Å². The Morgan fingerprint density at radius 2 is 2.04 bits per heavy atom. The molecule has 0 bridgehead atoms. The molecule has 2 rings (SSSR count). The Bertz CT molecular complexity index is 503. The van der Waals surface area contributed by atoms with Crippen LogP contribution in [0.2, 0.25) is 0 Å². The van der Waals surface area contributed by atoms with E-state index in [1.807, 2.05) is 15.9 Å². The van der Waals surface area contributed by atoms with Gasteiger partial charge in [-0.15, -0.1) is 0 Å². The third kappa shape index (κ3) is 5.25. The molecule has 0 spiro atoms. The maximum absolute atomic E-state index is 12.1. The van der Waals surface area contributed by atoms with Gasteiger partial charge in [-0.2, -0.15) is 5.26 Å². The van der Waals surface area contributed by atoms with E-state index >= 15 is 0 Å². The van der Waals surface area contributed by atoms with Crippen LogP contribution in [0.3, 0.4) is 0 Å². The molecule has 0 aliphatic carbocycles. The maximum Gasteiger partial charge on any atom is 0.263 e. The van der Waals surface area contributed by atoms with Crippen molar-refractivity contribution in [2.24, 2.45) is 0 Å². The van der Waals surface area contributed by atoms with E-state index in [9.17, 15) is 14.9 Å². The molecule has 0 aromatic heterocycles. The largest absolute Gasteiger partial charge is 0.374 e. The Morgan fingerprint density at radius 3 is 2.65 bits per heavy atom. The fourth-order valence-corrected chi connectivity index (χ4v) is 2.78. The van der Waals surface area contributed by atoms with Crippen molar-refractivity contribution in [2.45, 2.75) is 19.3 Å². The number of rotatable bonds is 6. The molecule has 0 aromatic carbocycles. The number of amides is 2. The fourth-order valence-electron chi connectivity index (χ4n) is 2.78. The standard InChI is InChI=1S/C16H25N5O2/c1-19-8-10-20(11-9-19)13-14(12-17)16(23)18-5-3-7-21-6-2-4-15(21)22/h13H,2-11H2,1H3,(H,18,23)/b14-13-. The molecular formula is C16H25N5O2. The van der Waals surface area contributed by atoms with Gasteiger partial charge in [-0.3, -0.25) is 9.59 Å². The number of nitrogens with one attached hydrogen (secondary N) is 1. The van der Waals surface area contributed by atoms with E-state index in [4.69, 9.17) is 0 Å². The minimum atomic E-state index is -0.334. The lowest BCUT2D eigenvalue weighted by Crippen LogP contribution is -2.42. The molecule has 0 atom stereocenters. The lowest BCUT2D eigenvalue weighted by atomic mass is 10.2. The number of likely N-dealkylation sites (tertiary alicyclic amines) is 1. The Morgan fingerprint density at radius 1 is 1.30 bits per heavy atom.